The van der Waals surface area contributed by atoms with Crippen LogP contribution in [-0.4, -0.2) is 23.7 Å². The molecule has 88 valence electrons. The lowest BCUT2D eigenvalue weighted by Gasteiger charge is -2.13. The van der Waals surface area contributed by atoms with Crippen molar-refractivity contribution in [1.82, 2.24) is 0 Å². The molecule has 0 radical (unpaired) electrons. The molecule has 1 aromatic rings. The van der Waals surface area contributed by atoms with E-state index in [0.29, 0.717) is 6.61 Å². The van der Waals surface area contributed by atoms with Crippen LogP contribution in [0.25, 0.3) is 0 Å². The Morgan fingerprint density at radius 3 is 2.94 bits per heavy atom. The lowest BCUT2D eigenvalue weighted by molar-refractivity contribution is -0.137. The zero-order valence-corrected chi connectivity index (χ0v) is 9.56. The molecule has 0 fully saturated rings. The van der Waals surface area contributed by atoms with E-state index in [9.17, 15) is 4.79 Å². The van der Waals surface area contributed by atoms with Gasteiger partial charge in [-0.25, -0.2) is 0 Å². The molecule has 0 bridgehead atoms. The van der Waals surface area contributed by atoms with Crippen LogP contribution < -0.4 is 10.1 Å². The molecule has 0 saturated carbocycles. The number of rotatable bonds is 6. The normalized spacial score (nSPS) is 11.9. The minimum absolute atomic E-state index is 0.0961. The molecule has 1 unspecified atom stereocenters. The van der Waals surface area contributed by atoms with Crippen molar-refractivity contribution in [1.29, 1.82) is 0 Å². The van der Waals surface area contributed by atoms with Crippen LogP contribution in [0.5, 0.6) is 5.75 Å². The van der Waals surface area contributed by atoms with E-state index in [2.05, 4.69) is 5.32 Å². The Morgan fingerprint density at radius 1 is 1.56 bits per heavy atom. The number of aliphatic carboxylic acids is 1. The summed E-state index contributed by atoms with van der Waals surface area (Å²) in [6.45, 7) is 4.38. The molecule has 0 heterocycles. The second kappa shape index (κ2) is 6.00. The number of carboxylic acid groups (broad SMARTS) is 1. The van der Waals surface area contributed by atoms with Gasteiger partial charge in [0.15, 0.2) is 0 Å². The Labute approximate surface area is 95.2 Å². The van der Waals surface area contributed by atoms with Gasteiger partial charge < -0.3 is 15.2 Å². The fraction of sp³-hybridized carbons (Fsp3) is 0.417. The first-order valence-corrected chi connectivity index (χ1v) is 5.33. The summed E-state index contributed by atoms with van der Waals surface area (Å²) in [6, 6.07) is 7.40. The average Bonchev–Trinajstić information content (AvgIpc) is 2.17. The van der Waals surface area contributed by atoms with E-state index in [4.69, 9.17) is 9.84 Å². The molecule has 1 atom stereocenters. The van der Waals surface area contributed by atoms with Gasteiger partial charge in [-0.2, -0.15) is 0 Å². The van der Waals surface area contributed by atoms with Crippen molar-refractivity contribution in [3.8, 4) is 5.75 Å². The molecule has 4 heteroatoms. The number of hydrogen-bond donors (Lipinski definition) is 2. The van der Waals surface area contributed by atoms with Gasteiger partial charge >= 0.3 is 5.97 Å². The van der Waals surface area contributed by atoms with Gasteiger partial charge in [-0.3, -0.25) is 4.79 Å². The monoisotopic (exact) mass is 223 g/mol. The van der Waals surface area contributed by atoms with Gasteiger partial charge in [-0.1, -0.05) is 6.07 Å². The smallest absolute Gasteiger partial charge is 0.305 e. The summed E-state index contributed by atoms with van der Waals surface area (Å²) in [5.41, 5.74) is 0.875. The van der Waals surface area contributed by atoms with E-state index in [-0.39, 0.29) is 12.5 Å². The largest absolute Gasteiger partial charge is 0.494 e. The second-order valence-electron chi connectivity index (χ2n) is 3.60. The van der Waals surface area contributed by atoms with Crippen molar-refractivity contribution in [2.75, 3.05) is 11.9 Å². The highest BCUT2D eigenvalue weighted by Gasteiger charge is 2.07. The maximum absolute atomic E-state index is 10.5. The molecule has 0 aliphatic carbocycles. The summed E-state index contributed by atoms with van der Waals surface area (Å²) in [5, 5.41) is 11.7. The van der Waals surface area contributed by atoms with Crippen molar-refractivity contribution in [3.05, 3.63) is 24.3 Å². The fourth-order valence-electron chi connectivity index (χ4n) is 1.44. The van der Waals surface area contributed by atoms with Crippen LogP contribution in [0, 0.1) is 0 Å². The van der Waals surface area contributed by atoms with Crippen LogP contribution in [0.1, 0.15) is 20.3 Å². The van der Waals surface area contributed by atoms with Gasteiger partial charge in [0, 0.05) is 17.8 Å². The van der Waals surface area contributed by atoms with Crippen LogP contribution in [-0.2, 0) is 4.79 Å². The van der Waals surface area contributed by atoms with Gasteiger partial charge in [0.1, 0.15) is 5.75 Å². The summed E-state index contributed by atoms with van der Waals surface area (Å²) >= 11 is 0. The zero-order valence-electron chi connectivity index (χ0n) is 9.56. The Bertz CT molecular complexity index is 352. The average molecular weight is 223 g/mol. The third-order valence-electron chi connectivity index (χ3n) is 2.04. The number of benzene rings is 1. The van der Waals surface area contributed by atoms with Crippen molar-refractivity contribution >= 4 is 11.7 Å². The lowest BCUT2D eigenvalue weighted by atomic mass is 10.2. The van der Waals surface area contributed by atoms with Gasteiger partial charge in [-0.15, -0.1) is 0 Å². The summed E-state index contributed by atoms with van der Waals surface area (Å²) in [5.74, 6) is -0.0176. The predicted octanol–water partition coefficient (Wildman–Crippen LogP) is 2.36. The quantitative estimate of drug-likeness (QED) is 0.777. The van der Waals surface area contributed by atoms with Crippen molar-refractivity contribution in [3.63, 3.8) is 0 Å². The first-order chi connectivity index (χ1) is 7.61. The highest BCUT2D eigenvalue weighted by molar-refractivity contribution is 5.68. The predicted molar refractivity (Wildman–Crippen MR) is 62.9 cm³/mol. The lowest BCUT2D eigenvalue weighted by Crippen LogP contribution is -2.19. The van der Waals surface area contributed by atoms with Crippen LogP contribution >= 0.6 is 0 Å². The first-order valence-electron chi connectivity index (χ1n) is 5.33. The number of carboxylic acids is 1. The van der Waals surface area contributed by atoms with Crippen LogP contribution in [0.2, 0.25) is 0 Å². The van der Waals surface area contributed by atoms with Crippen molar-refractivity contribution in [2.24, 2.45) is 0 Å². The number of ether oxygens (including phenoxy) is 1. The van der Waals surface area contributed by atoms with Crippen LogP contribution in [0.15, 0.2) is 24.3 Å². The summed E-state index contributed by atoms with van der Waals surface area (Å²) in [4.78, 5) is 10.5. The maximum Gasteiger partial charge on any atom is 0.305 e. The van der Waals surface area contributed by atoms with E-state index in [0.717, 1.165) is 11.4 Å². The Hall–Kier alpha value is -1.71. The number of carbonyl (C=O) groups is 1. The summed E-state index contributed by atoms with van der Waals surface area (Å²) < 4.78 is 5.35. The Balaban J connectivity index is 2.59. The first kappa shape index (κ1) is 12.4. The molecule has 16 heavy (non-hydrogen) atoms. The number of nitrogens with one attached hydrogen (secondary N) is 1. The Morgan fingerprint density at radius 2 is 2.31 bits per heavy atom. The van der Waals surface area contributed by atoms with Crippen LogP contribution in [0.4, 0.5) is 5.69 Å². The van der Waals surface area contributed by atoms with E-state index in [1.165, 1.54) is 0 Å². The van der Waals surface area contributed by atoms with Crippen molar-refractivity contribution in [2.45, 2.75) is 26.3 Å². The zero-order chi connectivity index (χ0) is 12.0. The van der Waals surface area contributed by atoms with Crippen LogP contribution in [0.3, 0.4) is 0 Å². The highest BCUT2D eigenvalue weighted by atomic mass is 16.5. The second-order valence-corrected chi connectivity index (χ2v) is 3.60. The molecule has 0 saturated heterocycles. The number of hydrogen-bond acceptors (Lipinski definition) is 3. The molecule has 4 nitrogen and oxygen atoms in total. The fourth-order valence-corrected chi connectivity index (χ4v) is 1.44. The summed E-state index contributed by atoms with van der Waals surface area (Å²) in [7, 11) is 0. The summed E-state index contributed by atoms with van der Waals surface area (Å²) in [6.07, 6.45) is 0.0961. The van der Waals surface area contributed by atoms with Gasteiger partial charge in [-0.05, 0) is 26.0 Å². The molecule has 0 aliphatic heterocycles. The van der Waals surface area contributed by atoms with Gasteiger partial charge in [0.25, 0.3) is 0 Å². The van der Waals surface area contributed by atoms with E-state index < -0.39 is 5.97 Å². The SMILES string of the molecule is CCOc1cccc(NC(C)CC(=O)O)c1. The standard InChI is InChI=1S/C12H17NO3/c1-3-16-11-6-4-5-10(8-11)13-9(2)7-12(14)15/h4-6,8-9,13H,3,7H2,1-2H3,(H,14,15). The molecule has 0 aromatic heterocycles. The molecule has 0 amide bonds. The Kier molecular flexibility index (Phi) is 4.64. The third kappa shape index (κ3) is 4.21. The van der Waals surface area contributed by atoms with E-state index in [1.54, 1.807) is 0 Å². The van der Waals surface area contributed by atoms with Gasteiger partial charge in [0.05, 0.1) is 13.0 Å². The molecule has 0 spiro atoms. The molecular weight excluding hydrogens is 206 g/mol. The molecule has 1 aromatic carbocycles. The molecular formula is C12H17NO3. The molecule has 1 rings (SSSR count). The molecule has 0 aliphatic rings. The van der Waals surface area contributed by atoms with Crippen molar-refractivity contribution < 1.29 is 14.6 Å². The topological polar surface area (TPSA) is 58.6 Å². The van der Waals surface area contributed by atoms with Gasteiger partial charge in [0.2, 0.25) is 0 Å². The van der Waals surface area contributed by atoms with E-state index >= 15 is 0 Å². The minimum Gasteiger partial charge on any atom is -0.494 e. The molecule has 2 N–H and O–H groups in total. The maximum atomic E-state index is 10.5. The third-order valence-corrected chi connectivity index (χ3v) is 2.04. The highest BCUT2D eigenvalue weighted by Crippen LogP contribution is 2.18. The van der Waals surface area contributed by atoms with E-state index in [1.807, 2.05) is 38.1 Å². The number of anilines is 1. The minimum atomic E-state index is -0.805.